The zero-order chi connectivity index (χ0) is 6.62. The molecule has 0 aliphatic heterocycles. The van der Waals surface area contributed by atoms with Crippen LogP contribution in [0.4, 0.5) is 0 Å². The van der Waals surface area contributed by atoms with Crippen molar-refractivity contribution in [2.24, 2.45) is 0 Å². The first kappa shape index (κ1) is 8.31. The van der Waals surface area contributed by atoms with Crippen LogP contribution in [0.25, 0.3) is 0 Å². The predicted molar refractivity (Wildman–Crippen MR) is 42.1 cm³/mol. The lowest BCUT2D eigenvalue weighted by atomic mass is 10.9. The van der Waals surface area contributed by atoms with Gasteiger partial charge in [-0.1, -0.05) is 0 Å². The molecule has 1 nitrogen and oxygen atoms in total. The Labute approximate surface area is 53.7 Å². The lowest BCUT2D eigenvalue weighted by molar-refractivity contribution is 0.218. The molecule has 2 heteroatoms. The summed E-state index contributed by atoms with van der Waals surface area (Å²) in [7, 11) is 1.44. The molecule has 0 radical (unpaired) electrons. The van der Waals surface area contributed by atoms with Crippen LogP contribution in [0.2, 0.25) is 0 Å². The van der Waals surface area contributed by atoms with E-state index in [4.69, 9.17) is 4.74 Å². The Balaban J connectivity index is 3.11. The minimum absolute atomic E-state index is 0.311. The zero-order valence-corrected chi connectivity index (χ0v) is 7.05. The van der Waals surface area contributed by atoms with Crippen LogP contribution < -0.4 is 0 Å². The normalized spacial score (nSPS) is 14.0. The summed E-state index contributed by atoms with van der Waals surface area (Å²) in [6.07, 6.45) is 6.89. The summed E-state index contributed by atoms with van der Waals surface area (Å²) in [4.78, 5) is 0. The molecule has 0 aromatic carbocycles. The van der Waals surface area contributed by atoms with E-state index in [1.54, 1.807) is 7.11 Å². The third-order valence-corrected chi connectivity index (χ3v) is 2.29. The molecule has 0 aromatic heterocycles. The number of methoxy groups -OCH3 is 1. The van der Waals surface area contributed by atoms with Crippen molar-refractivity contribution in [1.82, 2.24) is 0 Å². The van der Waals surface area contributed by atoms with Gasteiger partial charge in [-0.3, -0.25) is 0 Å². The summed E-state index contributed by atoms with van der Waals surface area (Å²) in [6.45, 7) is 0.916. The topological polar surface area (TPSA) is 9.23 Å². The molecule has 0 N–H and O–H groups in total. The molecule has 0 aliphatic rings. The first-order chi connectivity index (χ1) is 3.56. The number of hydrogen-bond acceptors (Lipinski definition) is 1. The maximum atomic E-state index is 4.94. The van der Waals surface area contributed by atoms with Crippen LogP contribution in [0, 0.1) is 0 Å². The van der Waals surface area contributed by atoms with Crippen LogP contribution in [0.5, 0.6) is 0 Å². The van der Waals surface area contributed by atoms with E-state index >= 15 is 0 Å². The molecule has 0 saturated carbocycles. The fourth-order valence-corrected chi connectivity index (χ4v) is 1.000. The Hall–Kier alpha value is 0.310. The van der Waals surface area contributed by atoms with Crippen molar-refractivity contribution in [3.05, 3.63) is 0 Å². The van der Waals surface area contributed by atoms with E-state index in [1.807, 2.05) is 0 Å². The molecule has 0 atom stereocenters. The van der Waals surface area contributed by atoms with Crippen LogP contribution in [0.15, 0.2) is 0 Å². The van der Waals surface area contributed by atoms with E-state index in [0.717, 1.165) is 6.61 Å². The highest BCUT2D eigenvalue weighted by Crippen LogP contribution is 2.33. The maximum Gasteiger partial charge on any atom is 0.0538 e. The monoisotopic (exact) mass is 136 g/mol. The van der Waals surface area contributed by atoms with Gasteiger partial charge in [0, 0.05) is 12.9 Å². The van der Waals surface area contributed by atoms with E-state index in [-0.39, 0.29) is 10.0 Å². The third-order valence-electron chi connectivity index (χ3n) is 0.900. The van der Waals surface area contributed by atoms with Gasteiger partial charge in [-0.25, -0.2) is 10.0 Å². The fraction of sp³-hybridized carbons (Fsp3) is 1.00. The molecule has 0 fully saturated rings. The van der Waals surface area contributed by atoms with Gasteiger partial charge in [-0.05, 0) is 18.8 Å². The van der Waals surface area contributed by atoms with Gasteiger partial charge in [0.05, 0.1) is 6.61 Å². The molecule has 0 rings (SSSR count). The van der Waals surface area contributed by atoms with Crippen molar-refractivity contribution >= 4 is 10.0 Å². The van der Waals surface area contributed by atoms with Crippen molar-refractivity contribution in [3.63, 3.8) is 0 Å². The minimum atomic E-state index is -0.311. The van der Waals surface area contributed by atoms with E-state index in [2.05, 4.69) is 18.8 Å². The molecule has 0 unspecified atom stereocenters. The van der Waals surface area contributed by atoms with E-state index in [1.165, 1.54) is 5.75 Å². The summed E-state index contributed by atoms with van der Waals surface area (Å²) in [5.41, 5.74) is 0. The molecule has 52 valence electrons. The van der Waals surface area contributed by atoms with Gasteiger partial charge in [0.25, 0.3) is 0 Å². The SMILES string of the molecule is COCCS(C)(C)C. The zero-order valence-electron chi connectivity index (χ0n) is 6.23. The summed E-state index contributed by atoms with van der Waals surface area (Å²) >= 11 is 0. The Morgan fingerprint density at radius 2 is 1.75 bits per heavy atom. The molecule has 0 bridgehead atoms. The van der Waals surface area contributed by atoms with Gasteiger partial charge >= 0.3 is 0 Å². The van der Waals surface area contributed by atoms with Gasteiger partial charge in [0.2, 0.25) is 0 Å². The maximum absolute atomic E-state index is 4.94. The van der Waals surface area contributed by atoms with Gasteiger partial charge in [-0.2, -0.15) is 0 Å². The lowest BCUT2D eigenvalue weighted by Crippen LogP contribution is -2.04. The number of rotatable bonds is 3. The Bertz CT molecular complexity index is 56.0. The van der Waals surface area contributed by atoms with Crippen LogP contribution in [0.3, 0.4) is 0 Å². The number of ether oxygens (including phenoxy) is 1. The first-order valence-corrected chi connectivity index (χ1v) is 5.74. The molecule has 0 spiro atoms. The minimum Gasteiger partial charge on any atom is -0.384 e. The van der Waals surface area contributed by atoms with Crippen LogP contribution in [0.1, 0.15) is 0 Å². The highest BCUT2D eigenvalue weighted by Gasteiger charge is 2.00. The Morgan fingerprint density at radius 1 is 1.25 bits per heavy atom. The van der Waals surface area contributed by atoms with Gasteiger partial charge in [0.1, 0.15) is 0 Å². The predicted octanol–water partition coefficient (Wildman–Crippen LogP) is 1.33. The third kappa shape index (κ3) is 6.31. The molecule has 0 heterocycles. The van der Waals surface area contributed by atoms with Crippen molar-refractivity contribution in [1.29, 1.82) is 0 Å². The molecule has 0 aliphatic carbocycles. The van der Waals surface area contributed by atoms with Crippen LogP contribution >= 0.6 is 10.0 Å². The van der Waals surface area contributed by atoms with Crippen molar-refractivity contribution in [3.8, 4) is 0 Å². The fourth-order valence-electron chi connectivity index (χ4n) is 0.333. The molecular formula is C6H16OS. The van der Waals surface area contributed by atoms with Crippen molar-refractivity contribution < 1.29 is 4.74 Å². The molecule has 0 saturated heterocycles. The summed E-state index contributed by atoms with van der Waals surface area (Å²) in [6, 6.07) is 0. The second-order valence-electron chi connectivity index (χ2n) is 2.79. The average Bonchev–Trinajstić information content (AvgIpc) is 1.59. The van der Waals surface area contributed by atoms with Gasteiger partial charge < -0.3 is 4.74 Å². The molecular weight excluding hydrogens is 120 g/mol. The second kappa shape index (κ2) is 3.36. The highest BCUT2D eigenvalue weighted by atomic mass is 32.3. The summed E-state index contributed by atoms with van der Waals surface area (Å²) in [5, 5.41) is 0. The lowest BCUT2D eigenvalue weighted by Gasteiger charge is -2.23. The van der Waals surface area contributed by atoms with Gasteiger partial charge in [0.15, 0.2) is 0 Å². The van der Waals surface area contributed by atoms with Crippen LogP contribution in [-0.4, -0.2) is 38.2 Å². The first-order valence-electron chi connectivity index (χ1n) is 2.71. The Kier molecular flexibility index (Phi) is 3.49. The van der Waals surface area contributed by atoms with E-state index in [0.29, 0.717) is 0 Å². The molecule has 8 heavy (non-hydrogen) atoms. The second-order valence-corrected chi connectivity index (χ2v) is 7.38. The van der Waals surface area contributed by atoms with Crippen LogP contribution in [-0.2, 0) is 4.74 Å². The van der Waals surface area contributed by atoms with Crippen molar-refractivity contribution in [2.75, 3.05) is 38.2 Å². The quantitative estimate of drug-likeness (QED) is 0.568. The van der Waals surface area contributed by atoms with E-state index in [9.17, 15) is 0 Å². The summed E-state index contributed by atoms with van der Waals surface area (Å²) < 4.78 is 4.94. The van der Waals surface area contributed by atoms with Gasteiger partial charge in [-0.15, -0.1) is 0 Å². The smallest absolute Gasteiger partial charge is 0.0538 e. The molecule has 0 aromatic rings. The standard InChI is InChI=1S/C6H16OS/c1-7-5-6-8(2,3)4/h5-6H2,1-4H3. The molecule has 0 amide bonds. The van der Waals surface area contributed by atoms with E-state index < -0.39 is 0 Å². The Morgan fingerprint density at radius 3 is 1.88 bits per heavy atom. The largest absolute Gasteiger partial charge is 0.384 e. The summed E-state index contributed by atoms with van der Waals surface area (Å²) in [5.74, 6) is 1.23. The highest BCUT2D eigenvalue weighted by molar-refractivity contribution is 8.32. The average molecular weight is 136 g/mol. The number of hydrogen-bond donors (Lipinski definition) is 0. The van der Waals surface area contributed by atoms with Crippen molar-refractivity contribution in [2.45, 2.75) is 0 Å².